The quantitative estimate of drug-likeness (QED) is 0.907. The lowest BCUT2D eigenvalue weighted by Gasteiger charge is -2.09. The summed E-state index contributed by atoms with van der Waals surface area (Å²) in [6.45, 7) is 4.72. The molecule has 0 saturated carbocycles. The van der Waals surface area contributed by atoms with Gasteiger partial charge < -0.3 is 9.84 Å². The van der Waals surface area contributed by atoms with Crippen molar-refractivity contribution in [2.75, 3.05) is 0 Å². The maximum atomic E-state index is 9.52. The lowest BCUT2D eigenvalue weighted by atomic mass is 10.1. The molecule has 1 unspecified atom stereocenters. The van der Waals surface area contributed by atoms with Crippen LogP contribution in [-0.2, 0) is 6.54 Å². The first-order valence-electron chi connectivity index (χ1n) is 6.28. The molecule has 0 aliphatic rings. The maximum Gasteiger partial charge on any atom is 0.165 e. The fourth-order valence-electron chi connectivity index (χ4n) is 1.74. The molecular formula is C14H17BrN2O2. The molecular weight excluding hydrogens is 308 g/mol. The van der Waals surface area contributed by atoms with Gasteiger partial charge in [-0.25, -0.2) is 0 Å². The van der Waals surface area contributed by atoms with Crippen LogP contribution in [0.4, 0.5) is 0 Å². The summed E-state index contributed by atoms with van der Waals surface area (Å²) in [5.41, 5.74) is 0.848. The van der Waals surface area contributed by atoms with E-state index in [9.17, 15) is 5.11 Å². The van der Waals surface area contributed by atoms with E-state index in [-0.39, 0.29) is 0 Å². The molecule has 5 heteroatoms. The first kappa shape index (κ1) is 14.1. The van der Waals surface area contributed by atoms with Crippen molar-refractivity contribution >= 4 is 15.9 Å². The summed E-state index contributed by atoms with van der Waals surface area (Å²) < 4.78 is 8.43. The minimum Gasteiger partial charge on any atom is -0.453 e. The summed E-state index contributed by atoms with van der Waals surface area (Å²) >= 11 is 3.45. The van der Waals surface area contributed by atoms with Crippen LogP contribution in [0.3, 0.4) is 0 Å². The molecule has 1 heterocycles. The molecule has 0 aliphatic heterocycles. The van der Waals surface area contributed by atoms with Gasteiger partial charge in [-0.1, -0.05) is 13.0 Å². The number of aliphatic hydroxyl groups excluding tert-OH is 1. The topological polar surface area (TPSA) is 47.3 Å². The van der Waals surface area contributed by atoms with Gasteiger partial charge in [0.25, 0.3) is 0 Å². The minimum atomic E-state index is -0.488. The summed E-state index contributed by atoms with van der Waals surface area (Å²) in [6.07, 6.45) is 4.12. The number of aryl methyl sites for hydroxylation is 1. The number of aromatic nitrogens is 2. The van der Waals surface area contributed by atoms with E-state index >= 15 is 0 Å². The van der Waals surface area contributed by atoms with Crippen LogP contribution >= 0.6 is 15.9 Å². The summed E-state index contributed by atoms with van der Waals surface area (Å²) in [7, 11) is 0. The molecule has 0 fully saturated rings. The second kappa shape index (κ2) is 6.21. The second-order valence-corrected chi connectivity index (χ2v) is 5.26. The minimum absolute atomic E-state index is 0.488. The van der Waals surface area contributed by atoms with Crippen molar-refractivity contribution in [3.05, 3.63) is 40.6 Å². The Labute approximate surface area is 121 Å². The van der Waals surface area contributed by atoms with Crippen LogP contribution in [0.5, 0.6) is 11.5 Å². The molecule has 1 aromatic carbocycles. The first-order valence-corrected chi connectivity index (χ1v) is 7.07. The average Bonchev–Trinajstić information content (AvgIpc) is 2.79. The largest absolute Gasteiger partial charge is 0.453 e. The Morgan fingerprint density at radius 1 is 1.47 bits per heavy atom. The number of benzene rings is 1. The van der Waals surface area contributed by atoms with E-state index in [1.807, 2.05) is 29.1 Å². The fourth-order valence-corrected chi connectivity index (χ4v) is 2.21. The Kier molecular flexibility index (Phi) is 4.61. The molecule has 2 aromatic rings. The Morgan fingerprint density at radius 3 is 2.89 bits per heavy atom. The summed E-state index contributed by atoms with van der Waals surface area (Å²) in [5.74, 6) is 1.42. The van der Waals surface area contributed by atoms with E-state index < -0.39 is 6.10 Å². The fraction of sp³-hybridized carbons (Fsp3) is 0.357. The highest BCUT2D eigenvalue weighted by atomic mass is 79.9. The molecule has 1 aromatic heterocycles. The van der Waals surface area contributed by atoms with Crippen molar-refractivity contribution in [3.8, 4) is 11.5 Å². The summed E-state index contributed by atoms with van der Waals surface area (Å²) in [5, 5.41) is 13.7. The maximum absolute atomic E-state index is 9.52. The van der Waals surface area contributed by atoms with Crippen LogP contribution < -0.4 is 4.74 Å². The summed E-state index contributed by atoms with van der Waals surface area (Å²) in [4.78, 5) is 0. The zero-order chi connectivity index (χ0) is 13.8. The van der Waals surface area contributed by atoms with Crippen molar-refractivity contribution in [3.63, 3.8) is 0 Å². The lowest BCUT2D eigenvalue weighted by molar-refractivity contribution is 0.199. The van der Waals surface area contributed by atoms with Crippen molar-refractivity contribution in [1.82, 2.24) is 9.78 Å². The van der Waals surface area contributed by atoms with Gasteiger partial charge in [0.2, 0.25) is 0 Å². The number of hydrogen-bond donors (Lipinski definition) is 1. The second-order valence-electron chi connectivity index (χ2n) is 4.41. The average molecular weight is 325 g/mol. The van der Waals surface area contributed by atoms with Gasteiger partial charge in [0.05, 0.1) is 23.0 Å². The smallest absolute Gasteiger partial charge is 0.165 e. The van der Waals surface area contributed by atoms with Crippen molar-refractivity contribution in [2.24, 2.45) is 0 Å². The number of halogens is 1. The lowest BCUT2D eigenvalue weighted by Crippen LogP contribution is -1.95. The predicted octanol–water partition coefficient (Wildman–Crippen LogP) is 3.90. The van der Waals surface area contributed by atoms with Gasteiger partial charge in [-0.3, -0.25) is 4.68 Å². The Bertz CT molecular complexity index is 552. The molecule has 0 aliphatic carbocycles. The predicted molar refractivity (Wildman–Crippen MR) is 77.4 cm³/mol. The van der Waals surface area contributed by atoms with Gasteiger partial charge in [-0.05, 0) is 47.0 Å². The van der Waals surface area contributed by atoms with E-state index in [1.54, 1.807) is 13.1 Å². The van der Waals surface area contributed by atoms with E-state index in [0.717, 1.165) is 23.0 Å². The zero-order valence-corrected chi connectivity index (χ0v) is 12.6. The van der Waals surface area contributed by atoms with Crippen molar-refractivity contribution in [1.29, 1.82) is 0 Å². The van der Waals surface area contributed by atoms with Gasteiger partial charge >= 0.3 is 0 Å². The van der Waals surface area contributed by atoms with Crippen LogP contribution in [-0.4, -0.2) is 14.9 Å². The Balaban J connectivity index is 2.13. The number of rotatable bonds is 5. The highest BCUT2D eigenvalue weighted by molar-refractivity contribution is 9.10. The van der Waals surface area contributed by atoms with E-state index in [4.69, 9.17) is 4.74 Å². The van der Waals surface area contributed by atoms with Gasteiger partial charge in [-0.2, -0.15) is 5.10 Å². The molecule has 19 heavy (non-hydrogen) atoms. The van der Waals surface area contributed by atoms with Crippen LogP contribution in [0.1, 0.15) is 31.9 Å². The SMILES string of the molecule is CCCn1cc(Oc2ccc(C(C)O)cc2Br)cn1. The van der Waals surface area contributed by atoms with Crippen LogP contribution in [0.25, 0.3) is 0 Å². The van der Waals surface area contributed by atoms with Gasteiger partial charge in [0, 0.05) is 6.54 Å². The number of nitrogens with zero attached hydrogens (tertiary/aromatic N) is 2. The van der Waals surface area contributed by atoms with Crippen molar-refractivity contribution in [2.45, 2.75) is 32.9 Å². The molecule has 1 atom stereocenters. The highest BCUT2D eigenvalue weighted by Gasteiger charge is 2.08. The van der Waals surface area contributed by atoms with E-state index in [1.165, 1.54) is 0 Å². The highest BCUT2D eigenvalue weighted by Crippen LogP contribution is 2.31. The first-order chi connectivity index (χ1) is 9.10. The number of hydrogen-bond acceptors (Lipinski definition) is 3. The van der Waals surface area contributed by atoms with Gasteiger partial charge in [0.1, 0.15) is 5.75 Å². The Hall–Kier alpha value is -1.33. The third kappa shape index (κ3) is 3.58. The molecule has 0 radical (unpaired) electrons. The molecule has 0 amide bonds. The molecule has 0 bridgehead atoms. The third-order valence-corrected chi connectivity index (χ3v) is 3.35. The Morgan fingerprint density at radius 2 is 2.26 bits per heavy atom. The number of ether oxygens (including phenoxy) is 1. The standard InChI is InChI=1S/C14H17BrN2O2/c1-3-6-17-9-12(8-16-17)19-14-5-4-11(10(2)18)7-13(14)15/h4-5,7-10,18H,3,6H2,1-2H3. The molecule has 0 saturated heterocycles. The molecule has 2 rings (SSSR count). The van der Waals surface area contributed by atoms with Crippen LogP contribution in [0.2, 0.25) is 0 Å². The molecule has 4 nitrogen and oxygen atoms in total. The van der Waals surface area contributed by atoms with Crippen LogP contribution in [0.15, 0.2) is 35.1 Å². The van der Waals surface area contributed by atoms with Crippen LogP contribution in [0, 0.1) is 0 Å². The third-order valence-electron chi connectivity index (χ3n) is 2.73. The van der Waals surface area contributed by atoms with Crippen molar-refractivity contribution < 1.29 is 9.84 Å². The monoisotopic (exact) mass is 324 g/mol. The molecule has 102 valence electrons. The molecule has 1 N–H and O–H groups in total. The molecule has 0 spiro atoms. The zero-order valence-electron chi connectivity index (χ0n) is 11.0. The van der Waals surface area contributed by atoms with E-state index in [2.05, 4.69) is 28.0 Å². The summed E-state index contributed by atoms with van der Waals surface area (Å²) in [6, 6.07) is 5.54. The van der Waals surface area contributed by atoms with Gasteiger partial charge in [0.15, 0.2) is 5.75 Å². The van der Waals surface area contributed by atoms with Gasteiger partial charge in [-0.15, -0.1) is 0 Å². The number of aliphatic hydroxyl groups is 1. The normalized spacial score (nSPS) is 12.4. The van der Waals surface area contributed by atoms with E-state index in [0.29, 0.717) is 11.5 Å².